The summed E-state index contributed by atoms with van der Waals surface area (Å²) < 4.78 is 11.2. The van der Waals surface area contributed by atoms with Crippen molar-refractivity contribution in [2.24, 2.45) is 5.92 Å². The molecule has 0 aromatic heterocycles. The van der Waals surface area contributed by atoms with E-state index >= 15 is 0 Å². The molecule has 16 heavy (non-hydrogen) atoms. The molecule has 1 heterocycles. The van der Waals surface area contributed by atoms with Gasteiger partial charge in [-0.15, -0.1) is 0 Å². The largest absolute Gasteiger partial charge is 0.461 e. The average Bonchev–Trinajstić information content (AvgIpc) is 2.26. The third kappa shape index (κ3) is 5.71. The maximum absolute atomic E-state index is 5.61. The number of allylic oxidation sites excluding steroid dienone is 2. The molecule has 0 aliphatic carbocycles. The Hall–Kier alpha value is -0.275. The van der Waals surface area contributed by atoms with E-state index in [4.69, 9.17) is 9.31 Å². The highest BCUT2D eigenvalue weighted by Crippen LogP contribution is 2.19. The van der Waals surface area contributed by atoms with Crippen LogP contribution in [0.4, 0.5) is 0 Å². The molecule has 0 atom stereocenters. The van der Waals surface area contributed by atoms with E-state index in [9.17, 15) is 0 Å². The Morgan fingerprint density at radius 2 is 2.00 bits per heavy atom. The first-order chi connectivity index (χ1) is 7.72. The van der Waals surface area contributed by atoms with Crippen LogP contribution in [-0.4, -0.2) is 20.3 Å². The molecule has 0 bridgehead atoms. The van der Waals surface area contributed by atoms with Crippen LogP contribution in [-0.2, 0) is 9.31 Å². The van der Waals surface area contributed by atoms with Crippen molar-refractivity contribution in [3.8, 4) is 0 Å². The van der Waals surface area contributed by atoms with Crippen molar-refractivity contribution in [2.45, 2.75) is 52.8 Å². The maximum Gasteiger partial charge on any atom is 0.461 e. The summed E-state index contributed by atoms with van der Waals surface area (Å²) in [5, 5.41) is 0. The van der Waals surface area contributed by atoms with Crippen molar-refractivity contribution in [3.05, 3.63) is 11.6 Å². The summed E-state index contributed by atoms with van der Waals surface area (Å²) in [6, 6.07) is 0. The van der Waals surface area contributed by atoms with Crippen LogP contribution in [0.2, 0.25) is 6.32 Å². The SMILES string of the molecule is CCCC/C(=C/C(C)C)CB1OCCCO1. The normalized spacial score (nSPS) is 18.2. The molecule has 1 saturated heterocycles. The molecule has 92 valence electrons. The van der Waals surface area contributed by atoms with Crippen molar-refractivity contribution >= 4 is 7.12 Å². The molecule has 2 nitrogen and oxygen atoms in total. The summed E-state index contributed by atoms with van der Waals surface area (Å²) in [4.78, 5) is 0. The fourth-order valence-corrected chi connectivity index (χ4v) is 2.00. The lowest BCUT2D eigenvalue weighted by molar-refractivity contribution is 0.135. The van der Waals surface area contributed by atoms with E-state index in [0.717, 1.165) is 26.0 Å². The predicted octanol–water partition coefficient (Wildman–Crippen LogP) is 3.68. The summed E-state index contributed by atoms with van der Waals surface area (Å²) in [6.45, 7) is 8.41. The van der Waals surface area contributed by atoms with Gasteiger partial charge < -0.3 is 9.31 Å². The highest BCUT2D eigenvalue weighted by Gasteiger charge is 2.22. The molecule has 0 spiro atoms. The fourth-order valence-electron chi connectivity index (χ4n) is 2.00. The van der Waals surface area contributed by atoms with Gasteiger partial charge in [0.25, 0.3) is 0 Å². The lowest BCUT2D eigenvalue weighted by Crippen LogP contribution is -2.29. The molecule has 1 rings (SSSR count). The zero-order valence-electron chi connectivity index (χ0n) is 11.0. The van der Waals surface area contributed by atoms with Crippen molar-refractivity contribution in [1.82, 2.24) is 0 Å². The minimum Gasteiger partial charge on any atom is -0.411 e. The Morgan fingerprint density at radius 1 is 1.31 bits per heavy atom. The van der Waals surface area contributed by atoms with Crippen LogP contribution in [0.25, 0.3) is 0 Å². The molecule has 0 aromatic carbocycles. The topological polar surface area (TPSA) is 18.5 Å². The monoisotopic (exact) mass is 224 g/mol. The summed E-state index contributed by atoms with van der Waals surface area (Å²) in [7, 11) is 0.00982. The van der Waals surface area contributed by atoms with Crippen LogP contribution in [0.5, 0.6) is 0 Å². The fraction of sp³-hybridized carbons (Fsp3) is 0.846. The van der Waals surface area contributed by atoms with Crippen molar-refractivity contribution in [1.29, 1.82) is 0 Å². The van der Waals surface area contributed by atoms with Crippen LogP contribution in [0.15, 0.2) is 11.6 Å². The van der Waals surface area contributed by atoms with Gasteiger partial charge in [-0.25, -0.2) is 0 Å². The van der Waals surface area contributed by atoms with Crippen LogP contribution >= 0.6 is 0 Å². The van der Waals surface area contributed by atoms with E-state index in [1.807, 2.05) is 0 Å². The number of unbranched alkanes of at least 4 members (excludes halogenated alkanes) is 1. The summed E-state index contributed by atoms with van der Waals surface area (Å²) in [6.07, 6.45) is 8.08. The van der Waals surface area contributed by atoms with Gasteiger partial charge in [0, 0.05) is 19.5 Å². The first-order valence-electron chi connectivity index (χ1n) is 6.65. The van der Waals surface area contributed by atoms with Gasteiger partial charge in [-0.3, -0.25) is 0 Å². The third-order valence-electron chi connectivity index (χ3n) is 2.75. The highest BCUT2D eigenvalue weighted by atomic mass is 16.6. The van der Waals surface area contributed by atoms with Gasteiger partial charge in [0.15, 0.2) is 0 Å². The summed E-state index contributed by atoms with van der Waals surface area (Å²) >= 11 is 0. The molecule has 1 fully saturated rings. The minimum absolute atomic E-state index is 0.00982. The summed E-state index contributed by atoms with van der Waals surface area (Å²) in [5.41, 5.74) is 1.50. The van der Waals surface area contributed by atoms with E-state index in [-0.39, 0.29) is 7.12 Å². The minimum atomic E-state index is 0.00982. The average molecular weight is 224 g/mol. The van der Waals surface area contributed by atoms with Crippen molar-refractivity contribution in [3.63, 3.8) is 0 Å². The van der Waals surface area contributed by atoms with E-state index < -0.39 is 0 Å². The summed E-state index contributed by atoms with van der Waals surface area (Å²) in [5.74, 6) is 0.621. The molecule has 1 aliphatic rings. The quantitative estimate of drug-likeness (QED) is 0.506. The molecule has 0 radical (unpaired) electrons. The Bertz CT molecular complexity index is 208. The number of rotatable bonds is 6. The first-order valence-corrected chi connectivity index (χ1v) is 6.65. The third-order valence-corrected chi connectivity index (χ3v) is 2.75. The van der Waals surface area contributed by atoms with E-state index in [0.29, 0.717) is 5.92 Å². The van der Waals surface area contributed by atoms with Crippen LogP contribution in [0.3, 0.4) is 0 Å². The van der Waals surface area contributed by atoms with Crippen LogP contribution < -0.4 is 0 Å². The predicted molar refractivity (Wildman–Crippen MR) is 69.5 cm³/mol. The van der Waals surface area contributed by atoms with Crippen molar-refractivity contribution in [2.75, 3.05) is 13.2 Å². The molecule has 0 unspecified atom stereocenters. The zero-order chi connectivity index (χ0) is 11.8. The molecule has 0 amide bonds. The zero-order valence-corrected chi connectivity index (χ0v) is 11.0. The van der Waals surface area contributed by atoms with Gasteiger partial charge in [-0.05, 0) is 25.2 Å². The molecule has 0 saturated carbocycles. The Balaban J connectivity index is 2.41. The smallest absolute Gasteiger partial charge is 0.411 e. The molecule has 0 N–H and O–H groups in total. The lowest BCUT2D eigenvalue weighted by Gasteiger charge is -2.21. The molecule has 3 heteroatoms. The van der Waals surface area contributed by atoms with Gasteiger partial charge in [-0.2, -0.15) is 0 Å². The Kier molecular flexibility index (Phi) is 6.82. The number of hydrogen-bond donors (Lipinski definition) is 0. The van der Waals surface area contributed by atoms with E-state index in [1.54, 1.807) is 0 Å². The molecular weight excluding hydrogens is 199 g/mol. The lowest BCUT2D eigenvalue weighted by atomic mass is 9.77. The van der Waals surface area contributed by atoms with Crippen LogP contribution in [0.1, 0.15) is 46.5 Å². The second kappa shape index (κ2) is 7.91. The van der Waals surface area contributed by atoms with Gasteiger partial charge >= 0.3 is 7.12 Å². The second-order valence-corrected chi connectivity index (χ2v) is 4.90. The molecular formula is C13H25BO2. The van der Waals surface area contributed by atoms with Gasteiger partial charge in [-0.1, -0.05) is 38.8 Å². The van der Waals surface area contributed by atoms with Gasteiger partial charge in [0.05, 0.1) is 0 Å². The van der Waals surface area contributed by atoms with Gasteiger partial charge in [0.1, 0.15) is 0 Å². The first kappa shape index (κ1) is 13.8. The van der Waals surface area contributed by atoms with Crippen molar-refractivity contribution < 1.29 is 9.31 Å². The standard InChI is InChI=1S/C13H25BO2/c1-4-5-7-13(10-12(2)3)11-14-15-8-6-9-16-14/h10,12H,4-9,11H2,1-3H3/b13-10-. The van der Waals surface area contributed by atoms with E-state index in [2.05, 4.69) is 26.8 Å². The molecule has 0 aromatic rings. The molecule has 1 aliphatic heterocycles. The van der Waals surface area contributed by atoms with Gasteiger partial charge in [0.2, 0.25) is 0 Å². The maximum atomic E-state index is 5.61. The van der Waals surface area contributed by atoms with E-state index in [1.165, 1.54) is 24.8 Å². The number of hydrogen-bond acceptors (Lipinski definition) is 2. The Labute approximate surface area is 101 Å². The second-order valence-electron chi connectivity index (χ2n) is 4.90. The van der Waals surface area contributed by atoms with Crippen LogP contribution in [0, 0.1) is 5.92 Å². The Morgan fingerprint density at radius 3 is 2.56 bits per heavy atom. The highest BCUT2D eigenvalue weighted by molar-refractivity contribution is 6.45.